The molecule has 1 aliphatic heterocycles. The van der Waals surface area contributed by atoms with Crippen LogP contribution in [0.2, 0.25) is 0 Å². The van der Waals surface area contributed by atoms with Crippen LogP contribution in [0.25, 0.3) is 0 Å². The zero-order chi connectivity index (χ0) is 22.0. The number of benzene rings is 3. The van der Waals surface area contributed by atoms with Crippen LogP contribution < -0.4 is 19.7 Å². The van der Waals surface area contributed by atoms with Gasteiger partial charge in [-0.1, -0.05) is 30.3 Å². The lowest BCUT2D eigenvalue weighted by Gasteiger charge is -2.37. The Kier molecular flexibility index (Phi) is 5.62. The zero-order valence-electron chi connectivity index (χ0n) is 17.7. The van der Waals surface area contributed by atoms with E-state index in [2.05, 4.69) is 5.32 Å². The molecule has 1 atom stereocenters. The quantitative estimate of drug-likeness (QED) is 0.660. The van der Waals surface area contributed by atoms with E-state index in [1.807, 2.05) is 60.7 Å². The van der Waals surface area contributed by atoms with E-state index >= 15 is 0 Å². The van der Waals surface area contributed by atoms with Gasteiger partial charge in [-0.05, 0) is 47.9 Å². The van der Waals surface area contributed by atoms with E-state index in [-0.39, 0.29) is 17.9 Å². The normalized spacial score (nSPS) is 15.3. The summed E-state index contributed by atoms with van der Waals surface area (Å²) >= 11 is 0. The molecule has 1 aliphatic rings. The number of fused-ring (bicyclic) bond motifs is 1. The van der Waals surface area contributed by atoms with Gasteiger partial charge in [0.25, 0.3) is 5.91 Å². The maximum atomic E-state index is 13.6. The average molecular weight is 416 g/mol. The molecule has 158 valence electrons. The Hall–Kier alpha value is -3.80. The highest BCUT2D eigenvalue weighted by Gasteiger charge is 2.35. The highest BCUT2D eigenvalue weighted by molar-refractivity contribution is 6.09. The minimum Gasteiger partial charge on any atom is -0.497 e. The van der Waals surface area contributed by atoms with Gasteiger partial charge >= 0.3 is 0 Å². The van der Waals surface area contributed by atoms with Crippen LogP contribution in [-0.2, 0) is 11.2 Å². The first kappa shape index (κ1) is 20.5. The molecule has 1 N–H and O–H groups in total. The molecule has 0 spiro atoms. The zero-order valence-corrected chi connectivity index (χ0v) is 17.7. The molecule has 0 fully saturated rings. The Morgan fingerprint density at radius 3 is 2.42 bits per heavy atom. The van der Waals surface area contributed by atoms with Crippen LogP contribution >= 0.6 is 0 Å². The number of rotatable bonds is 5. The van der Waals surface area contributed by atoms with Gasteiger partial charge in [0.2, 0.25) is 5.91 Å². The number of anilines is 2. The second-order valence-electron chi connectivity index (χ2n) is 7.39. The molecule has 3 aromatic rings. The number of ether oxygens (including phenoxy) is 2. The largest absolute Gasteiger partial charge is 0.497 e. The molecule has 0 saturated carbocycles. The van der Waals surface area contributed by atoms with Gasteiger partial charge in [0.1, 0.15) is 11.5 Å². The maximum Gasteiger partial charge on any atom is 0.259 e. The number of nitrogens with one attached hydrogen (secondary N) is 1. The molecule has 1 unspecified atom stereocenters. The van der Waals surface area contributed by atoms with E-state index in [9.17, 15) is 9.59 Å². The molecule has 0 radical (unpaired) electrons. The fourth-order valence-electron chi connectivity index (χ4n) is 4.00. The molecule has 3 aromatic carbocycles. The van der Waals surface area contributed by atoms with E-state index in [1.54, 1.807) is 25.2 Å². The molecular formula is C25H24N2O4. The van der Waals surface area contributed by atoms with Crippen LogP contribution in [-0.4, -0.2) is 26.0 Å². The van der Waals surface area contributed by atoms with Gasteiger partial charge < -0.3 is 14.8 Å². The third kappa shape index (κ3) is 3.97. The summed E-state index contributed by atoms with van der Waals surface area (Å²) in [6, 6.07) is 20.5. The Morgan fingerprint density at radius 1 is 1.00 bits per heavy atom. The van der Waals surface area contributed by atoms with Crippen LogP contribution in [0.15, 0.2) is 66.7 Å². The number of carbonyl (C=O) groups excluding carboxylic acids is 2. The van der Waals surface area contributed by atoms with Gasteiger partial charge in [-0.3, -0.25) is 14.5 Å². The number of carbonyl (C=O) groups is 2. The first-order valence-electron chi connectivity index (χ1n) is 10.0. The van der Waals surface area contributed by atoms with Crippen molar-refractivity contribution in [2.24, 2.45) is 0 Å². The second-order valence-corrected chi connectivity index (χ2v) is 7.39. The van der Waals surface area contributed by atoms with Crippen LogP contribution in [0.3, 0.4) is 0 Å². The van der Waals surface area contributed by atoms with Gasteiger partial charge in [-0.25, -0.2) is 0 Å². The van der Waals surface area contributed by atoms with Crippen molar-refractivity contribution < 1.29 is 19.1 Å². The first-order chi connectivity index (χ1) is 15.0. The van der Waals surface area contributed by atoms with Crippen molar-refractivity contribution in [3.05, 3.63) is 83.4 Å². The summed E-state index contributed by atoms with van der Waals surface area (Å²) in [6.45, 7) is 1.47. The molecule has 31 heavy (non-hydrogen) atoms. The monoisotopic (exact) mass is 416 g/mol. The standard InChI is InChI=1S/C25H24N2O4/c1-16(28)26-19-10-8-17(9-11-19)23-14-18-6-4-5-7-21(18)25(29)27(23)22-13-12-20(30-2)15-24(22)31-3/h4-13,15,23H,14H2,1-3H3,(H,26,28). The molecule has 0 aliphatic carbocycles. The van der Waals surface area contributed by atoms with Gasteiger partial charge in [-0.15, -0.1) is 0 Å². The van der Waals surface area contributed by atoms with Gasteiger partial charge in [0.05, 0.1) is 25.9 Å². The Morgan fingerprint density at radius 2 is 1.74 bits per heavy atom. The second kappa shape index (κ2) is 8.52. The fraction of sp³-hybridized carbons (Fsp3) is 0.200. The third-order valence-electron chi connectivity index (χ3n) is 5.45. The first-order valence-corrected chi connectivity index (χ1v) is 10.0. The predicted molar refractivity (Wildman–Crippen MR) is 120 cm³/mol. The van der Waals surface area contributed by atoms with E-state index in [4.69, 9.17) is 9.47 Å². The van der Waals surface area contributed by atoms with Crippen molar-refractivity contribution in [2.45, 2.75) is 19.4 Å². The summed E-state index contributed by atoms with van der Waals surface area (Å²) in [5, 5.41) is 2.78. The summed E-state index contributed by atoms with van der Waals surface area (Å²) in [5.41, 5.74) is 4.06. The molecule has 6 heteroatoms. The SMILES string of the molecule is COc1ccc(N2C(=O)c3ccccc3CC2c2ccc(NC(C)=O)cc2)c(OC)c1. The van der Waals surface area contributed by atoms with E-state index < -0.39 is 0 Å². The molecule has 4 rings (SSSR count). The smallest absolute Gasteiger partial charge is 0.259 e. The van der Waals surface area contributed by atoms with Crippen molar-refractivity contribution in [3.63, 3.8) is 0 Å². The van der Waals surface area contributed by atoms with Crippen LogP contribution in [0.5, 0.6) is 11.5 Å². The molecule has 1 heterocycles. The van der Waals surface area contributed by atoms with Crippen LogP contribution in [0.4, 0.5) is 11.4 Å². The van der Waals surface area contributed by atoms with E-state index in [0.29, 0.717) is 34.9 Å². The Bertz CT molecular complexity index is 1120. The summed E-state index contributed by atoms with van der Waals surface area (Å²) in [6.07, 6.45) is 0.663. The van der Waals surface area contributed by atoms with Crippen LogP contribution in [0, 0.1) is 0 Å². The Balaban J connectivity index is 1.82. The lowest BCUT2D eigenvalue weighted by Crippen LogP contribution is -2.40. The van der Waals surface area contributed by atoms with Crippen molar-refractivity contribution in [1.29, 1.82) is 0 Å². The molecule has 0 aromatic heterocycles. The number of methoxy groups -OCH3 is 2. The summed E-state index contributed by atoms with van der Waals surface area (Å²) < 4.78 is 10.9. The summed E-state index contributed by atoms with van der Waals surface area (Å²) in [7, 11) is 3.17. The maximum absolute atomic E-state index is 13.6. The minimum absolute atomic E-state index is 0.0822. The van der Waals surface area contributed by atoms with Crippen molar-refractivity contribution in [1.82, 2.24) is 0 Å². The van der Waals surface area contributed by atoms with E-state index in [0.717, 1.165) is 11.1 Å². The van der Waals surface area contributed by atoms with Crippen LogP contribution in [0.1, 0.15) is 34.5 Å². The molecule has 6 nitrogen and oxygen atoms in total. The van der Waals surface area contributed by atoms with Gasteiger partial charge in [0, 0.05) is 24.2 Å². The predicted octanol–water partition coefficient (Wildman–Crippen LogP) is 4.61. The molecular weight excluding hydrogens is 392 g/mol. The number of nitrogens with zero attached hydrogens (tertiary/aromatic N) is 1. The topological polar surface area (TPSA) is 67.9 Å². The molecule has 2 amide bonds. The lowest BCUT2D eigenvalue weighted by molar-refractivity contribution is -0.114. The number of hydrogen-bond acceptors (Lipinski definition) is 4. The fourth-order valence-corrected chi connectivity index (χ4v) is 4.00. The number of amides is 2. The van der Waals surface area contributed by atoms with Crippen molar-refractivity contribution in [2.75, 3.05) is 24.4 Å². The molecule has 0 saturated heterocycles. The summed E-state index contributed by atoms with van der Waals surface area (Å²) in [4.78, 5) is 26.8. The van der Waals surface area contributed by atoms with Crippen molar-refractivity contribution >= 4 is 23.2 Å². The molecule has 0 bridgehead atoms. The highest BCUT2D eigenvalue weighted by atomic mass is 16.5. The van der Waals surface area contributed by atoms with Gasteiger partial charge in [0.15, 0.2) is 0 Å². The van der Waals surface area contributed by atoms with E-state index in [1.165, 1.54) is 6.92 Å². The number of hydrogen-bond donors (Lipinski definition) is 1. The highest BCUT2D eigenvalue weighted by Crippen LogP contribution is 2.42. The lowest BCUT2D eigenvalue weighted by atomic mass is 9.88. The summed E-state index contributed by atoms with van der Waals surface area (Å²) in [5.74, 6) is 1.01. The van der Waals surface area contributed by atoms with Gasteiger partial charge in [-0.2, -0.15) is 0 Å². The average Bonchev–Trinajstić information content (AvgIpc) is 2.79. The third-order valence-corrected chi connectivity index (χ3v) is 5.45. The van der Waals surface area contributed by atoms with Crippen molar-refractivity contribution in [3.8, 4) is 11.5 Å². The Labute approximate surface area is 181 Å². The minimum atomic E-state index is -0.226.